The van der Waals surface area contributed by atoms with Gasteiger partial charge in [0.25, 0.3) is 5.91 Å². The van der Waals surface area contributed by atoms with E-state index in [2.05, 4.69) is 41.4 Å². The number of amides is 1. The lowest BCUT2D eigenvalue weighted by Crippen LogP contribution is -2.43. The van der Waals surface area contributed by atoms with E-state index in [1.165, 1.54) is 5.69 Å². The molecule has 2 aliphatic heterocycles. The Morgan fingerprint density at radius 3 is 2.54 bits per heavy atom. The van der Waals surface area contributed by atoms with Gasteiger partial charge in [-0.05, 0) is 36.2 Å². The SMILES string of the molecule is CCCN1C(=O)c2ccccc2N[C@@H]1c1ccc(N2CCOCC2)cc1. The van der Waals surface area contributed by atoms with Crippen LogP contribution in [0.2, 0.25) is 0 Å². The molecule has 26 heavy (non-hydrogen) atoms. The highest BCUT2D eigenvalue weighted by Gasteiger charge is 2.32. The van der Waals surface area contributed by atoms with E-state index in [0.717, 1.165) is 56.1 Å². The van der Waals surface area contributed by atoms with Crippen LogP contribution in [0.1, 0.15) is 35.4 Å². The summed E-state index contributed by atoms with van der Waals surface area (Å²) in [5.41, 5.74) is 3.98. The minimum atomic E-state index is -0.129. The van der Waals surface area contributed by atoms with Gasteiger partial charge in [0.05, 0.1) is 18.8 Å². The second-order valence-corrected chi connectivity index (χ2v) is 6.78. The Balaban J connectivity index is 1.61. The van der Waals surface area contributed by atoms with Crippen LogP contribution >= 0.6 is 0 Å². The van der Waals surface area contributed by atoms with Crippen molar-refractivity contribution in [3.63, 3.8) is 0 Å². The molecule has 0 saturated carbocycles. The molecular formula is C21H25N3O2. The Hall–Kier alpha value is -2.53. The average Bonchev–Trinajstić information content (AvgIpc) is 2.71. The maximum atomic E-state index is 13.0. The molecule has 136 valence electrons. The third-order valence-electron chi connectivity index (χ3n) is 5.07. The summed E-state index contributed by atoms with van der Waals surface area (Å²) < 4.78 is 5.43. The number of benzene rings is 2. The number of ether oxygens (including phenoxy) is 1. The second-order valence-electron chi connectivity index (χ2n) is 6.78. The molecule has 1 atom stereocenters. The van der Waals surface area contributed by atoms with Crippen molar-refractivity contribution in [3.8, 4) is 0 Å². The topological polar surface area (TPSA) is 44.8 Å². The van der Waals surface area contributed by atoms with E-state index >= 15 is 0 Å². The van der Waals surface area contributed by atoms with Crippen LogP contribution in [0.15, 0.2) is 48.5 Å². The summed E-state index contributed by atoms with van der Waals surface area (Å²) in [7, 11) is 0. The van der Waals surface area contributed by atoms with Crippen molar-refractivity contribution in [2.24, 2.45) is 0 Å². The van der Waals surface area contributed by atoms with Gasteiger partial charge in [0.2, 0.25) is 0 Å². The number of hydrogen-bond donors (Lipinski definition) is 1. The Morgan fingerprint density at radius 2 is 1.81 bits per heavy atom. The van der Waals surface area contributed by atoms with Crippen LogP contribution in [0.4, 0.5) is 11.4 Å². The van der Waals surface area contributed by atoms with Crippen molar-refractivity contribution in [3.05, 3.63) is 59.7 Å². The molecule has 2 aromatic carbocycles. The molecule has 0 radical (unpaired) electrons. The van der Waals surface area contributed by atoms with Crippen molar-refractivity contribution < 1.29 is 9.53 Å². The van der Waals surface area contributed by atoms with Gasteiger partial charge in [0.1, 0.15) is 6.17 Å². The van der Waals surface area contributed by atoms with Crippen LogP contribution in [0.25, 0.3) is 0 Å². The van der Waals surface area contributed by atoms with E-state index < -0.39 is 0 Å². The highest BCUT2D eigenvalue weighted by Crippen LogP contribution is 2.33. The van der Waals surface area contributed by atoms with Crippen LogP contribution in [-0.2, 0) is 4.74 Å². The number of nitrogens with zero attached hydrogens (tertiary/aromatic N) is 2. The summed E-state index contributed by atoms with van der Waals surface area (Å²) >= 11 is 0. The van der Waals surface area contributed by atoms with Crippen molar-refractivity contribution in [2.75, 3.05) is 43.1 Å². The quantitative estimate of drug-likeness (QED) is 0.916. The molecule has 2 heterocycles. The lowest BCUT2D eigenvalue weighted by molar-refractivity contribution is 0.0683. The normalized spacial score (nSPS) is 19.9. The molecule has 0 bridgehead atoms. The molecule has 1 saturated heterocycles. The standard InChI is InChI=1S/C21H25N3O2/c1-2-11-24-20(22-19-6-4-3-5-18(19)21(24)25)16-7-9-17(10-8-16)23-12-14-26-15-13-23/h3-10,20,22H,2,11-15H2,1H3/t20-/m0/s1. The molecule has 1 N–H and O–H groups in total. The summed E-state index contributed by atoms with van der Waals surface area (Å²) in [4.78, 5) is 17.2. The Kier molecular flexibility index (Phi) is 4.80. The highest BCUT2D eigenvalue weighted by atomic mass is 16.5. The van der Waals surface area contributed by atoms with Gasteiger partial charge in [0.15, 0.2) is 0 Å². The molecule has 0 unspecified atom stereocenters. The number of fused-ring (bicyclic) bond motifs is 1. The summed E-state index contributed by atoms with van der Waals surface area (Å²) in [6.07, 6.45) is 0.800. The van der Waals surface area contributed by atoms with Crippen LogP contribution in [-0.4, -0.2) is 43.7 Å². The number of rotatable bonds is 4. The minimum absolute atomic E-state index is 0.100. The van der Waals surface area contributed by atoms with E-state index in [1.54, 1.807) is 0 Å². The number of morpholine rings is 1. The fourth-order valence-corrected chi connectivity index (χ4v) is 3.72. The molecule has 0 aromatic heterocycles. The fraction of sp³-hybridized carbons (Fsp3) is 0.381. The molecule has 0 spiro atoms. The maximum absolute atomic E-state index is 13.0. The van der Waals surface area contributed by atoms with Gasteiger partial charge in [0, 0.05) is 31.0 Å². The van der Waals surface area contributed by atoms with Gasteiger partial charge in [-0.15, -0.1) is 0 Å². The lowest BCUT2D eigenvalue weighted by atomic mass is 10.0. The number of hydrogen-bond acceptors (Lipinski definition) is 4. The molecule has 5 heteroatoms. The van der Waals surface area contributed by atoms with Crippen molar-refractivity contribution in [1.29, 1.82) is 0 Å². The largest absolute Gasteiger partial charge is 0.378 e. The summed E-state index contributed by atoms with van der Waals surface area (Å²) in [5, 5.41) is 3.55. The first-order valence-electron chi connectivity index (χ1n) is 9.37. The molecule has 5 nitrogen and oxygen atoms in total. The molecule has 1 fully saturated rings. The van der Waals surface area contributed by atoms with Crippen LogP contribution < -0.4 is 10.2 Å². The zero-order valence-electron chi connectivity index (χ0n) is 15.1. The van der Waals surface area contributed by atoms with E-state index in [9.17, 15) is 4.79 Å². The first-order valence-corrected chi connectivity index (χ1v) is 9.37. The monoisotopic (exact) mass is 351 g/mol. The predicted octanol–water partition coefficient (Wildman–Crippen LogP) is 3.50. The van der Waals surface area contributed by atoms with E-state index in [-0.39, 0.29) is 12.1 Å². The average molecular weight is 351 g/mol. The van der Waals surface area contributed by atoms with Gasteiger partial charge in [-0.25, -0.2) is 0 Å². The maximum Gasteiger partial charge on any atom is 0.257 e. The van der Waals surface area contributed by atoms with Crippen molar-refractivity contribution in [1.82, 2.24) is 4.90 Å². The van der Waals surface area contributed by atoms with E-state index in [0.29, 0.717) is 0 Å². The first kappa shape index (κ1) is 16.9. The number of para-hydroxylation sites is 1. The zero-order valence-corrected chi connectivity index (χ0v) is 15.1. The van der Waals surface area contributed by atoms with Gasteiger partial charge >= 0.3 is 0 Å². The molecule has 0 aliphatic carbocycles. The smallest absolute Gasteiger partial charge is 0.257 e. The summed E-state index contributed by atoms with van der Waals surface area (Å²) in [6.45, 7) is 6.25. The number of nitrogens with one attached hydrogen (secondary N) is 1. The van der Waals surface area contributed by atoms with Gasteiger partial charge in [-0.1, -0.05) is 31.2 Å². The van der Waals surface area contributed by atoms with Crippen LogP contribution in [0, 0.1) is 0 Å². The number of carbonyl (C=O) groups excluding carboxylic acids is 1. The van der Waals surface area contributed by atoms with Crippen LogP contribution in [0.5, 0.6) is 0 Å². The van der Waals surface area contributed by atoms with E-state index in [4.69, 9.17) is 4.74 Å². The van der Waals surface area contributed by atoms with Gasteiger partial charge in [-0.2, -0.15) is 0 Å². The molecule has 2 aliphatic rings. The zero-order chi connectivity index (χ0) is 17.9. The Bertz CT molecular complexity index is 769. The Morgan fingerprint density at radius 1 is 1.08 bits per heavy atom. The molecular weight excluding hydrogens is 326 g/mol. The first-order chi connectivity index (χ1) is 12.8. The van der Waals surface area contributed by atoms with E-state index in [1.807, 2.05) is 29.2 Å². The molecule has 1 amide bonds. The lowest BCUT2D eigenvalue weighted by Gasteiger charge is -2.38. The van der Waals surface area contributed by atoms with Crippen molar-refractivity contribution in [2.45, 2.75) is 19.5 Å². The van der Waals surface area contributed by atoms with Crippen molar-refractivity contribution >= 4 is 17.3 Å². The minimum Gasteiger partial charge on any atom is -0.378 e. The fourth-order valence-electron chi connectivity index (χ4n) is 3.72. The van der Waals surface area contributed by atoms with Gasteiger partial charge < -0.3 is 19.9 Å². The van der Waals surface area contributed by atoms with Crippen LogP contribution in [0.3, 0.4) is 0 Å². The molecule has 2 aromatic rings. The molecule has 4 rings (SSSR count). The summed E-state index contributed by atoms with van der Waals surface area (Å²) in [5.74, 6) is 0.100. The number of anilines is 2. The van der Waals surface area contributed by atoms with Gasteiger partial charge in [-0.3, -0.25) is 4.79 Å². The predicted molar refractivity (Wildman–Crippen MR) is 104 cm³/mol. The number of carbonyl (C=O) groups is 1. The highest BCUT2D eigenvalue weighted by molar-refractivity contribution is 6.01. The third-order valence-corrected chi connectivity index (χ3v) is 5.07. The second kappa shape index (κ2) is 7.38. The Labute approximate surface area is 154 Å². The third kappa shape index (κ3) is 3.15. The summed E-state index contributed by atoms with van der Waals surface area (Å²) in [6, 6.07) is 16.3.